The van der Waals surface area contributed by atoms with Crippen molar-refractivity contribution in [1.82, 2.24) is 9.88 Å². The Morgan fingerprint density at radius 2 is 1.61 bits per heavy atom. The van der Waals surface area contributed by atoms with Gasteiger partial charge in [0.15, 0.2) is 18.4 Å². The summed E-state index contributed by atoms with van der Waals surface area (Å²) in [6, 6.07) is 11.5. The highest BCUT2D eigenvalue weighted by atomic mass is 16.7. The molecular formula is C51H73N3O10. The van der Waals surface area contributed by atoms with Gasteiger partial charge in [-0.3, -0.25) is 14.6 Å². The normalized spacial score (nSPS) is 42.5. The van der Waals surface area contributed by atoms with E-state index in [0.29, 0.717) is 18.4 Å². The van der Waals surface area contributed by atoms with Crippen LogP contribution in [0.25, 0.3) is 10.9 Å². The summed E-state index contributed by atoms with van der Waals surface area (Å²) in [4.78, 5) is 39.1. The number of ether oxygens (including phenoxy) is 8. The molecule has 4 saturated heterocycles. The summed E-state index contributed by atoms with van der Waals surface area (Å²) >= 11 is 0. The number of carbonyl (C=O) groups is 2. The molecule has 4 aliphatic heterocycles. The minimum absolute atomic E-state index is 0.0154. The number of aryl methyl sites for hydroxylation is 1. The van der Waals surface area contributed by atoms with Crippen molar-refractivity contribution in [2.24, 2.45) is 35.5 Å². The van der Waals surface area contributed by atoms with Crippen LogP contribution in [-0.4, -0.2) is 137 Å². The molecule has 13 nitrogen and oxygen atoms in total. The molecule has 3 aliphatic carbocycles. The highest BCUT2D eigenvalue weighted by molar-refractivity contribution is 5.99. The molecule has 5 heterocycles. The largest absolute Gasteiger partial charge is 0.462 e. The molecule has 1 aromatic carbocycles. The maximum absolute atomic E-state index is 15.3. The van der Waals surface area contributed by atoms with Crippen LogP contribution < -0.4 is 4.90 Å². The van der Waals surface area contributed by atoms with Crippen LogP contribution in [0, 0.1) is 42.4 Å². The van der Waals surface area contributed by atoms with Crippen molar-refractivity contribution < 1.29 is 47.5 Å². The van der Waals surface area contributed by atoms with Crippen LogP contribution in [0.5, 0.6) is 0 Å². The van der Waals surface area contributed by atoms with Gasteiger partial charge in [0.2, 0.25) is 0 Å². The van der Waals surface area contributed by atoms with Crippen LogP contribution in [0.4, 0.5) is 5.69 Å². The Hall–Kier alpha value is -3.01. The Labute approximate surface area is 380 Å². The first-order valence-corrected chi connectivity index (χ1v) is 24.3. The van der Waals surface area contributed by atoms with Gasteiger partial charge in [0.1, 0.15) is 24.4 Å². The molecule has 0 radical (unpaired) electrons. The molecule has 0 N–H and O–H groups in total. The summed E-state index contributed by atoms with van der Waals surface area (Å²) in [7, 11) is 9.21. The van der Waals surface area contributed by atoms with Gasteiger partial charge in [0, 0.05) is 56.0 Å². The average Bonchev–Trinajstić information content (AvgIpc) is 3.68. The summed E-state index contributed by atoms with van der Waals surface area (Å²) in [5.41, 5.74) is 3.88. The fraction of sp³-hybridized carbons (Fsp3) is 0.745. The fourth-order valence-electron chi connectivity index (χ4n) is 13.4. The van der Waals surface area contributed by atoms with Gasteiger partial charge in [-0.2, -0.15) is 0 Å². The zero-order chi connectivity index (χ0) is 45.1. The molecule has 3 unspecified atom stereocenters. The van der Waals surface area contributed by atoms with Gasteiger partial charge in [-0.05, 0) is 140 Å². The number of pyridine rings is 1. The van der Waals surface area contributed by atoms with Crippen molar-refractivity contribution in [3.63, 3.8) is 0 Å². The van der Waals surface area contributed by atoms with Crippen molar-refractivity contribution in [3.05, 3.63) is 47.7 Å². The van der Waals surface area contributed by atoms with Crippen molar-refractivity contribution in [2.75, 3.05) is 40.3 Å². The molecule has 19 atom stereocenters. The molecule has 0 amide bonds. The van der Waals surface area contributed by atoms with Crippen LogP contribution in [-0.2, 0) is 47.5 Å². The van der Waals surface area contributed by atoms with E-state index < -0.39 is 18.3 Å². The van der Waals surface area contributed by atoms with Gasteiger partial charge >= 0.3 is 5.97 Å². The number of esters is 1. The quantitative estimate of drug-likeness (QED) is 0.179. The van der Waals surface area contributed by atoms with Crippen molar-refractivity contribution in [3.8, 4) is 0 Å². The first-order chi connectivity index (χ1) is 30.8. The highest BCUT2D eigenvalue weighted by Gasteiger charge is 2.69. The number of cyclic esters (lactones) is 1. The van der Waals surface area contributed by atoms with Crippen molar-refractivity contribution in [1.29, 1.82) is 0 Å². The van der Waals surface area contributed by atoms with E-state index >= 15 is 4.79 Å². The van der Waals surface area contributed by atoms with E-state index in [1.165, 1.54) is 0 Å². The molecular weight excluding hydrogens is 815 g/mol. The van der Waals surface area contributed by atoms with Crippen LogP contribution in [0.3, 0.4) is 0 Å². The maximum Gasteiger partial charge on any atom is 0.306 e. The number of hydrogen-bond acceptors (Lipinski definition) is 13. The second kappa shape index (κ2) is 18.9. The molecule has 64 heavy (non-hydrogen) atoms. The molecule has 7 aliphatic rings. The molecule has 9 rings (SSSR count). The molecule has 13 heteroatoms. The Kier molecular flexibility index (Phi) is 13.6. The standard InChI is InChI=1S/C51H73N3O10/c1-11-32-13-12-14-41(64-43-20-19-40(53(6)7)28(4)60-43)27(3)47(56)38-24-35-34-22-33(63-51-50(59-10)49(58-9)48(57-8)29(5)61-51)23-37(34)45-46(44(35)36(38)25-42(55)62-32)54(45)31-17-18-39-30(21-31)16-15-26(2)52-39/h15-18,21,24,27-29,32-37,40-41,43-46,48-51H,11-14,19-20,22-23,25H2,1-10H3/t27-,28?,29?,32+,33+,34+,35+,36-,37-,40+,41+,43+,44-,45+,46-,48+,49?,50+,51+,54?/m1/s1. The van der Waals surface area contributed by atoms with Gasteiger partial charge < -0.3 is 47.7 Å². The number of aromatic nitrogens is 1. The van der Waals surface area contributed by atoms with E-state index in [0.717, 1.165) is 72.8 Å². The number of nitrogens with zero attached hydrogens (tertiary/aromatic N) is 3. The SMILES string of the molecule is CC[C@H]1CCC[C@H](O[C@H]2CC[C@H](N(C)C)C(C)O2)[C@@H](C)C(=O)C2=C[C@H]3[C@@H]4C[C@H](O[C@@H]5OC(C)[C@H](OC)C(OC)[C@@H]5OC)C[C@H]4[C@H]4[C@@H]([C@H]3[C@@H]2CC(=O)O1)N4c1ccc2nc(C)ccc2c1. The summed E-state index contributed by atoms with van der Waals surface area (Å²) in [5.74, 6) is -0.174. The third-order valence-electron chi connectivity index (χ3n) is 16.5. The number of methoxy groups -OCH3 is 3. The summed E-state index contributed by atoms with van der Waals surface area (Å²) in [6.07, 6.45) is 5.82. The third kappa shape index (κ3) is 8.59. The predicted molar refractivity (Wildman–Crippen MR) is 242 cm³/mol. The Morgan fingerprint density at radius 1 is 0.844 bits per heavy atom. The Morgan fingerprint density at radius 3 is 2.33 bits per heavy atom. The third-order valence-corrected chi connectivity index (χ3v) is 16.5. The number of carbonyl (C=O) groups excluding carboxylic acids is 2. The van der Waals surface area contributed by atoms with Gasteiger partial charge in [0.25, 0.3) is 0 Å². The van der Waals surface area contributed by atoms with Gasteiger partial charge in [0.05, 0.1) is 48.4 Å². The van der Waals surface area contributed by atoms with Crippen molar-refractivity contribution in [2.45, 2.75) is 172 Å². The second-order valence-electron chi connectivity index (χ2n) is 20.3. The zero-order valence-electron chi connectivity index (χ0n) is 39.7. The Balaban J connectivity index is 1.05. The molecule has 2 aromatic rings. The molecule has 6 fully saturated rings. The minimum atomic E-state index is -0.637. The summed E-state index contributed by atoms with van der Waals surface area (Å²) in [5, 5.41) is 1.10. The highest BCUT2D eigenvalue weighted by Crippen LogP contribution is 2.65. The number of Topliss-reactive ketones (excluding diaryl/α,β-unsaturated/α-hetero) is 1. The first kappa shape index (κ1) is 46.1. The van der Waals surface area contributed by atoms with Gasteiger partial charge in [-0.15, -0.1) is 0 Å². The lowest BCUT2D eigenvalue weighted by Gasteiger charge is -2.44. The van der Waals surface area contributed by atoms with E-state index in [9.17, 15) is 4.79 Å². The minimum Gasteiger partial charge on any atom is -0.462 e. The van der Waals surface area contributed by atoms with Crippen molar-refractivity contribution >= 4 is 28.3 Å². The maximum atomic E-state index is 15.3. The van der Waals surface area contributed by atoms with Crippen LogP contribution in [0.15, 0.2) is 42.0 Å². The lowest BCUT2D eigenvalue weighted by molar-refractivity contribution is -0.314. The lowest BCUT2D eigenvalue weighted by atomic mass is 9.66. The van der Waals surface area contributed by atoms with E-state index in [4.69, 9.17) is 42.9 Å². The monoisotopic (exact) mass is 888 g/mol. The Bertz CT molecular complexity index is 2030. The predicted octanol–water partition coefficient (Wildman–Crippen LogP) is 7.05. The van der Waals surface area contributed by atoms with Gasteiger partial charge in [-0.25, -0.2) is 0 Å². The smallest absolute Gasteiger partial charge is 0.306 e. The fourth-order valence-corrected chi connectivity index (χ4v) is 13.4. The van der Waals surface area contributed by atoms with E-state index in [1.807, 2.05) is 20.8 Å². The first-order valence-electron chi connectivity index (χ1n) is 24.3. The average molecular weight is 888 g/mol. The number of fused-ring (bicyclic) bond motifs is 9. The number of allylic oxidation sites excluding steroid dienone is 2. The second-order valence-corrected chi connectivity index (χ2v) is 20.3. The lowest BCUT2D eigenvalue weighted by Crippen LogP contribution is -2.59. The number of likely N-dealkylation sites (N-methyl/N-ethyl adjacent to an activating group) is 1. The van der Waals surface area contributed by atoms with Crippen LogP contribution in [0.1, 0.15) is 91.2 Å². The summed E-state index contributed by atoms with van der Waals surface area (Å²) in [6.45, 7) is 10.3. The van der Waals surface area contributed by atoms with Crippen LogP contribution >= 0.6 is 0 Å². The molecule has 0 bridgehead atoms. The molecule has 0 spiro atoms. The topological polar surface area (TPSA) is 127 Å². The zero-order valence-corrected chi connectivity index (χ0v) is 39.7. The molecule has 2 saturated carbocycles. The van der Waals surface area contributed by atoms with Crippen LogP contribution in [0.2, 0.25) is 0 Å². The van der Waals surface area contributed by atoms with E-state index in [-0.39, 0.29) is 103 Å². The number of ketones is 1. The number of benzene rings is 1. The van der Waals surface area contributed by atoms with E-state index in [1.54, 1.807) is 21.3 Å². The summed E-state index contributed by atoms with van der Waals surface area (Å²) < 4.78 is 50.9. The number of rotatable bonds is 10. The molecule has 1 aromatic heterocycles. The number of anilines is 1. The molecule has 352 valence electrons. The number of hydrogen-bond donors (Lipinski definition) is 0. The van der Waals surface area contributed by atoms with Gasteiger partial charge in [-0.1, -0.05) is 26.0 Å². The van der Waals surface area contributed by atoms with E-state index in [2.05, 4.69) is 74.2 Å².